The first kappa shape index (κ1) is 30.4. The molecule has 42 heavy (non-hydrogen) atoms. The fourth-order valence-corrected chi connectivity index (χ4v) is 8.07. The number of amides is 1. The highest BCUT2D eigenvalue weighted by Gasteiger charge is 2.36. The van der Waals surface area contributed by atoms with Gasteiger partial charge in [0, 0.05) is 47.1 Å². The van der Waals surface area contributed by atoms with E-state index in [1.54, 1.807) is 35.1 Å². The Kier molecular flexibility index (Phi) is 9.14. The highest BCUT2D eigenvalue weighted by Crippen LogP contribution is 2.46. The third-order valence-corrected chi connectivity index (χ3v) is 10.5. The number of rotatable bonds is 9. The molecular formula is C34H41N3O3S2. The number of ether oxygens (including phenoxy) is 1. The lowest BCUT2D eigenvalue weighted by Crippen LogP contribution is -2.41. The molecule has 6 nitrogen and oxygen atoms in total. The largest absolute Gasteiger partial charge is 0.444 e. The highest BCUT2D eigenvalue weighted by molar-refractivity contribution is 7.22. The van der Waals surface area contributed by atoms with Gasteiger partial charge in [-0.3, -0.25) is 9.78 Å². The van der Waals surface area contributed by atoms with Crippen LogP contribution in [-0.4, -0.2) is 38.9 Å². The van der Waals surface area contributed by atoms with Crippen molar-refractivity contribution >= 4 is 44.8 Å². The summed E-state index contributed by atoms with van der Waals surface area (Å²) in [7, 11) is 0. The number of thiophene rings is 1. The van der Waals surface area contributed by atoms with Gasteiger partial charge in [0.15, 0.2) is 0 Å². The quantitative estimate of drug-likeness (QED) is 0.191. The van der Waals surface area contributed by atoms with Crippen LogP contribution in [0.3, 0.4) is 0 Å². The van der Waals surface area contributed by atoms with Crippen LogP contribution in [0.25, 0.3) is 31.9 Å². The van der Waals surface area contributed by atoms with Crippen molar-refractivity contribution in [2.24, 2.45) is 5.92 Å². The second-order valence-corrected chi connectivity index (χ2v) is 14.6. The van der Waals surface area contributed by atoms with E-state index in [1.807, 2.05) is 37.8 Å². The van der Waals surface area contributed by atoms with Crippen LogP contribution in [-0.2, 0) is 22.4 Å². The van der Waals surface area contributed by atoms with Crippen LogP contribution in [0.5, 0.6) is 0 Å². The summed E-state index contributed by atoms with van der Waals surface area (Å²) in [5, 5.41) is 0.953. The van der Waals surface area contributed by atoms with Crippen molar-refractivity contribution in [2.45, 2.75) is 91.7 Å². The van der Waals surface area contributed by atoms with E-state index in [0.717, 1.165) is 60.9 Å². The summed E-state index contributed by atoms with van der Waals surface area (Å²) >= 11 is 3.36. The molecule has 0 saturated heterocycles. The maximum atomic E-state index is 13.3. The van der Waals surface area contributed by atoms with Gasteiger partial charge in [0.2, 0.25) is 0 Å². The van der Waals surface area contributed by atoms with Gasteiger partial charge in [-0.1, -0.05) is 32.8 Å². The van der Waals surface area contributed by atoms with Crippen molar-refractivity contribution in [1.82, 2.24) is 14.9 Å². The standard InChI is InChI=1S/C34H41N3O3S2/c1-7-21(2)9-8-10-25(38)20-29-30(26-15-18-37(22(3)31(26)41-29)33(39)40-34(4,5)6)32-36-27-19-24(11-12-28(27)42-32)23-13-16-35-17-14-23/h11-14,16-17,19,21-22H,7-10,15,18,20H2,1-6H3/t21-,22+/m0/s1. The monoisotopic (exact) mass is 603 g/mol. The number of carbonyl (C=O) groups is 2. The molecule has 222 valence electrons. The normalized spacial score (nSPS) is 16.0. The maximum Gasteiger partial charge on any atom is 0.410 e. The molecule has 4 aromatic rings. The zero-order valence-corrected chi connectivity index (χ0v) is 27.2. The number of ketones is 1. The van der Waals surface area contributed by atoms with Gasteiger partial charge < -0.3 is 9.64 Å². The first-order valence-electron chi connectivity index (χ1n) is 15.0. The minimum absolute atomic E-state index is 0.130. The first-order chi connectivity index (χ1) is 20.0. The summed E-state index contributed by atoms with van der Waals surface area (Å²) in [6.07, 6.45) is 8.18. The maximum absolute atomic E-state index is 13.3. The lowest BCUT2D eigenvalue weighted by atomic mass is 9.96. The summed E-state index contributed by atoms with van der Waals surface area (Å²) in [4.78, 5) is 39.7. The molecule has 8 heteroatoms. The summed E-state index contributed by atoms with van der Waals surface area (Å²) in [6.45, 7) is 12.8. The van der Waals surface area contributed by atoms with E-state index in [9.17, 15) is 9.59 Å². The number of carbonyl (C=O) groups excluding carboxylic acids is 2. The average Bonchev–Trinajstić information content (AvgIpc) is 3.53. The predicted molar refractivity (Wildman–Crippen MR) is 173 cm³/mol. The second-order valence-electron chi connectivity index (χ2n) is 12.4. The summed E-state index contributed by atoms with van der Waals surface area (Å²) < 4.78 is 6.85. The molecule has 4 heterocycles. The van der Waals surface area contributed by atoms with Crippen LogP contribution in [0.4, 0.5) is 4.79 Å². The van der Waals surface area contributed by atoms with Crippen molar-refractivity contribution in [3.63, 3.8) is 0 Å². The van der Waals surface area contributed by atoms with Crippen LogP contribution in [0.15, 0.2) is 42.7 Å². The number of Topliss-reactive ketones (excluding diaryl/α,β-unsaturated/α-hetero) is 1. The van der Waals surface area contributed by atoms with Gasteiger partial charge in [0.1, 0.15) is 16.4 Å². The molecule has 1 aliphatic heterocycles. The lowest BCUT2D eigenvalue weighted by molar-refractivity contribution is -0.118. The van der Waals surface area contributed by atoms with Gasteiger partial charge in [-0.15, -0.1) is 22.7 Å². The Balaban J connectivity index is 1.50. The van der Waals surface area contributed by atoms with Gasteiger partial charge in [0.25, 0.3) is 0 Å². The van der Waals surface area contributed by atoms with E-state index in [0.29, 0.717) is 31.7 Å². The van der Waals surface area contributed by atoms with Crippen molar-refractivity contribution in [3.8, 4) is 21.7 Å². The van der Waals surface area contributed by atoms with E-state index in [-0.39, 0.29) is 17.9 Å². The Hall–Kier alpha value is -3.10. The van der Waals surface area contributed by atoms with Crippen molar-refractivity contribution < 1.29 is 14.3 Å². The van der Waals surface area contributed by atoms with Crippen molar-refractivity contribution in [2.75, 3.05) is 6.54 Å². The predicted octanol–water partition coefficient (Wildman–Crippen LogP) is 9.27. The molecule has 3 aromatic heterocycles. The number of benzene rings is 1. The van der Waals surface area contributed by atoms with Gasteiger partial charge in [-0.2, -0.15) is 0 Å². The molecule has 5 rings (SSSR count). The SMILES string of the molecule is CC[C@H](C)CCCC(=O)Cc1sc2c(c1-c1nc3cc(-c4ccncc4)ccc3s1)CCN(C(=O)OC(C)(C)C)[C@@H]2C. The average molecular weight is 604 g/mol. The van der Waals surface area contributed by atoms with E-state index in [1.165, 1.54) is 5.56 Å². The zero-order chi connectivity index (χ0) is 30.0. The van der Waals surface area contributed by atoms with Gasteiger partial charge in [-0.25, -0.2) is 9.78 Å². The molecule has 1 aromatic carbocycles. The molecule has 0 saturated carbocycles. The Morgan fingerprint density at radius 3 is 2.60 bits per heavy atom. The Morgan fingerprint density at radius 2 is 1.88 bits per heavy atom. The Labute approximate surface area is 257 Å². The van der Waals surface area contributed by atoms with E-state index >= 15 is 0 Å². The minimum atomic E-state index is -0.555. The number of nitrogens with zero attached hydrogens (tertiary/aromatic N) is 3. The third-order valence-electron chi connectivity index (χ3n) is 8.01. The van der Waals surface area contributed by atoms with Crippen molar-refractivity contribution in [3.05, 3.63) is 58.0 Å². The van der Waals surface area contributed by atoms with E-state index in [4.69, 9.17) is 9.72 Å². The van der Waals surface area contributed by atoms with Gasteiger partial charge in [0.05, 0.1) is 16.3 Å². The molecule has 2 atom stereocenters. The number of aromatic nitrogens is 2. The smallest absolute Gasteiger partial charge is 0.410 e. The van der Waals surface area contributed by atoms with E-state index in [2.05, 4.69) is 44.0 Å². The van der Waals surface area contributed by atoms with E-state index < -0.39 is 5.60 Å². The van der Waals surface area contributed by atoms with Gasteiger partial charge >= 0.3 is 6.09 Å². The molecule has 0 N–H and O–H groups in total. The molecular weight excluding hydrogens is 563 g/mol. The molecule has 1 aliphatic rings. The number of thiazole rings is 1. The Bertz CT molecular complexity index is 1570. The molecule has 0 radical (unpaired) electrons. The molecule has 0 fully saturated rings. The molecule has 0 aliphatic carbocycles. The van der Waals surface area contributed by atoms with Crippen molar-refractivity contribution in [1.29, 1.82) is 0 Å². The fraction of sp³-hybridized carbons (Fsp3) is 0.471. The summed E-state index contributed by atoms with van der Waals surface area (Å²) in [6, 6.07) is 10.3. The lowest BCUT2D eigenvalue weighted by Gasteiger charge is -2.35. The second kappa shape index (κ2) is 12.6. The van der Waals surface area contributed by atoms with Crippen LogP contribution in [0.2, 0.25) is 0 Å². The number of hydrogen-bond acceptors (Lipinski definition) is 7. The zero-order valence-electron chi connectivity index (χ0n) is 25.5. The Morgan fingerprint density at radius 1 is 1.12 bits per heavy atom. The number of pyridine rings is 1. The molecule has 0 bridgehead atoms. The number of hydrogen-bond donors (Lipinski definition) is 0. The molecule has 0 spiro atoms. The topological polar surface area (TPSA) is 72.4 Å². The van der Waals surface area contributed by atoms with Crippen LogP contribution < -0.4 is 0 Å². The first-order valence-corrected chi connectivity index (χ1v) is 16.6. The molecule has 1 amide bonds. The van der Waals surface area contributed by atoms with Crippen LogP contribution >= 0.6 is 22.7 Å². The molecule has 0 unspecified atom stereocenters. The highest BCUT2D eigenvalue weighted by atomic mass is 32.1. The van der Waals surface area contributed by atoms with Crippen LogP contribution in [0, 0.1) is 5.92 Å². The number of fused-ring (bicyclic) bond motifs is 2. The van der Waals surface area contributed by atoms with Gasteiger partial charge in [-0.05, 0) is 87.4 Å². The summed E-state index contributed by atoms with van der Waals surface area (Å²) in [5.74, 6) is 0.915. The van der Waals surface area contributed by atoms with Crippen LogP contribution in [0.1, 0.15) is 88.6 Å². The fourth-order valence-electron chi connectivity index (χ4n) is 5.51. The third kappa shape index (κ3) is 6.76. The minimum Gasteiger partial charge on any atom is -0.444 e. The summed E-state index contributed by atoms with van der Waals surface area (Å²) in [5.41, 5.74) is 4.94.